The molecule has 0 aromatic carbocycles. The molecule has 96 valence electrons. The van der Waals surface area contributed by atoms with E-state index in [4.69, 9.17) is 4.42 Å². The zero-order valence-electron chi connectivity index (χ0n) is 10.3. The molecule has 0 aliphatic heterocycles. The molecule has 2 N–H and O–H groups in total. The van der Waals surface area contributed by atoms with E-state index in [9.17, 15) is 5.11 Å². The second-order valence-corrected chi connectivity index (χ2v) is 4.30. The average molecular weight is 247 g/mol. The summed E-state index contributed by atoms with van der Waals surface area (Å²) in [6.07, 6.45) is 5.86. The first kappa shape index (κ1) is 12.6. The molecule has 0 spiro atoms. The van der Waals surface area contributed by atoms with E-state index in [0.29, 0.717) is 18.9 Å². The van der Waals surface area contributed by atoms with E-state index >= 15 is 0 Å². The number of nitrogens with one attached hydrogen (secondary N) is 1. The van der Waals surface area contributed by atoms with Gasteiger partial charge >= 0.3 is 0 Å². The van der Waals surface area contributed by atoms with E-state index in [2.05, 4.69) is 15.3 Å². The molecule has 0 aliphatic carbocycles. The molecule has 5 nitrogen and oxygen atoms in total. The van der Waals surface area contributed by atoms with Crippen LogP contribution in [0.4, 0.5) is 5.95 Å². The Morgan fingerprint density at radius 1 is 1.39 bits per heavy atom. The highest BCUT2D eigenvalue weighted by molar-refractivity contribution is 5.24. The van der Waals surface area contributed by atoms with Crippen molar-refractivity contribution in [3.8, 4) is 0 Å². The van der Waals surface area contributed by atoms with Crippen molar-refractivity contribution >= 4 is 5.95 Å². The molecule has 2 aromatic heterocycles. The number of hydrogen-bond donors (Lipinski definition) is 2. The normalized spacial score (nSPS) is 12.3. The predicted molar refractivity (Wildman–Crippen MR) is 68.2 cm³/mol. The zero-order chi connectivity index (χ0) is 12.8. The number of aliphatic hydroxyl groups is 1. The molecule has 2 aromatic rings. The van der Waals surface area contributed by atoms with Gasteiger partial charge in [-0.15, -0.1) is 0 Å². The first-order valence-corrected chi connectivity index (χ1v) is 5.93. The van der Waals surface area contributed by atoms with Gasteiger partial charge in [0.2, 0.25) is 5.95 Å². The largest absolute Gasteiger partial charge is 0.469 e. The van der Waals surface area contributed by atoms with Crippen LogP contribution in [0.2, 0.25) is 0 Å². The van der Waals surface area contributed by atoms with Crippen molar-refractivity contribution in [2.24, 2.45) is 5.92 Å². The lowest BCUT2D eigenvalue weighted by molar-refractivity contribution is 0.226. The van der Waals surface area contributed by atoms with Crippen molar-refractivity contribution in [3.05, 3.63) is 42.1 Å². The van der Waals surface area contributed by atoms with Crippen LogP contribution in [0.15, 0.2) is 35.2 Å². The maximum atomic E-state index is 9.32. The number of hydrogen-bond acceptors (Lipinski definition) is 5. The molecule has 18 heavy (non-hydrogen) atoms. The fraction of sp³-hybridized carbons (Fsp3) is 0.385. The second-order valence-electron chi connectivity index (χ2n) is 4.30. The van der Waals surface area contributed by atoms with Crippen LogP contribution in [0, 0.1) is 12.8 Å². The van der Waals surface area contributed by atoms with E-state index in [-0.39, 0.29) is 12.5 Å². The minimum atomic E-state index is 0.0843. The Balaban J connectivity index is 1.85. The molecule has 2 rings (SSSR count). The lowest BCUT2D eigenvalue weighted by atomic mass is 10.1. The van der Waals surface area contributed by atoms with Crippen LogP contribution in [0.5, 0.6) is 0 Å². The lowest BCUT2D eigenvalue weighted by Gasteiger charge is -2.13. The van der Waals surface area contributed by atoms with E-state index < -0.39 is 0 Å². The van der Waals surface area contributed by atoms with Crippen LogP contribution in [-0.4, -0.2) is 28.2 Å². The van der Waals surface area contributed by atoms with Gasteiger partial charge < -0.3 is 14.8 Å². The molecule has 5 heteroatoms. The summed E-state index contributed by atoms with van der Waals surface area (Å²) in [5.74, 6) is 1.54. The summed E-state index contributed by atoms with van der Waals surface area (Å²) in [6, 6.07) is 3.76. The summed E-state index contributed by atoms with van der Waals surface area (Å²) in [6.45, 7) is 2.65. The molecule has 0 radical (unpaired) electrons. The van der Waals surface area contributed by atoms with Crippen molar-refractivity contribution in [1.82, 2.24) is 9.97 Å². The van der Waals surface area contributed by atoms with Crippen LogP contribution >= 0.6 is 0 Å². The Labute approximate surface area is 106 Å². The minimum absolute atomic E-state index is 0.0843. The van der Waals surface area contributed by atoms with Crippen LogP contribution < -0.4 is 5.32 Å². The van der Waals surface area contributed by atoms with Crippen LogP contribution in [-0.2, 0) is 6.42 Å². The number of furan rings is 1. The van der Waals surface area contributed by atoms with Gasteiger partial charge in [0, 0.05) is 37.9 Å². The van der Waals surface area contributed by atoms with E-state index in [1.807, 2.05) is 19.1 Å². The first-order chi connectivity index (χ1) is 8.78. The van der Waals surface area contributed by atoms with Crippen molar-refractivity contribution in [2.75, 3.05) is 18.5 Å². The fourth-order valence-electron chi connectivity index (χ4n) is 1.63. The van der Waals surface area contributed by atoms with Crippen molar-refractivity contribution in [2.45, 2.75) is 13.3 Å². The number of rotatable bonds is 6. The molecular formula is C13H17N3O2. The third kappa shape index (κ3) is 3.56. The Morgan fingerprint density at radius 3 is 2.78 bits per heavy atom. The van der Waals surface area contributed by atoms with Gasteiger partial charge in [-0.3, -0.25) is 0 Å². The molecule has 1 atom stereocenters. The molecule has 0 aliphatic rings. The maximum Gasteiger partial charge on any atom is 0.222 e. The van der Waals surface area contributed by atoms with Gasteiger partial charge in [-0.1, -0.05) is 0 Å². The Hall–Kier alpha value is -1.88. The van der Waals surface area contributed by atoms with Gasteiger partial charge in [-0.2, -0.15) is 0 Å². The number of aliphatic hydroxyl groups excluding tert-OH is 1. The number of aryl methyl sites for hydroxylation is 1. The Kier molecular flexibility index (Phi) is 4.30. The van der Waals surface area contributed by atoms with Gasteiger partial charge in [0.15, 0.2) is 0 Å². The first-order valence-electron chi connectivity index (χ1n) is 5.93. The average Bonchev–Trinajstić information content (AvgIpc) is 2.89. The lowest BCUT2D eigenvalue weighted by Crippen LogP contribution is -2.21. The number of nitrogens with zero attached hydrogens (tertiary/aromatic N) is 2. The van der Waals surface area contributed by atoms with Crippen molar-refractivity contribution in [1.29, 1.82) is 0 Å². The smallest absolute Gasteiger partial charge is 0.222 e. The summed E-state index contributed by atoms with van der Waals surface area (Å²) in [5, 5.41) is 12.4. The van der Waals surface area contributed by atoms with Gasteiger partial charge in [-0.05, 0) is 24.6 Å². The predicted octanol–water partition coefficient (Wildman–Crippen LogP) is 1.64. The topological polar surface area (TPSA) is 71.2 Å². The molecule has 0 amide bonds. The molecule has 0 bridgehead atoms. The van der Waals surface area contributed by atoms with Gasteiger partial charge in [0.05, 0.1) is 6.26 Å². The second kappa shape index (κ2) is 6.16. The fourth-order valence-corrected chi connectivity index (χ4v) is 1.63. The summed E-state index contributed by atoms with van der Waals surface area (Å²) in [4.78, 5) is 8.31. The van der Waals surface area contributed by atoms with E-state index in [1.165, 1.54) is 0 Å². The molecule has 2 heterocycles. The molecular weight excluding hydrogens is 230 g/mol. The molecule has 0 saturated heterocycles. The van der Waals surface area contributed by atoms with Crippen LogP contribution in [0.1, 0.15) is 11.3 Å². The van der Waals surface area contributed by atoms with Crippen molar-refractivity contribution < 1.29 is 9.52 Å². The highest BCUT2D eigenvalue weighted by atomic mass is 16.3. The monoisotopic (exact) mass is 247 g/mol. The van der Waals surface area contributed by atoms with E-state index in [0.717, 1.165) is 11.3 Å². The van der Waals surface area contributed by atoms with Crippen LogP contribution in [0.3, 0.4) is 0 Å². The summed E-state index contributed by atoms with van der Waals surface area (Å²) in [7, 11) is 0. The SMILES string of the molecule is Cc1cnc(NC[C@@H](CO)Cc2ccco2)nc1. The van der Waals surface area contributed by atoms with E-state index in [1.54, 1.807) is 18.7 Å². The number of anilines is 1. The quantitative estimate of drug-likeness (QED) is 0.812. The number of aromatic nitrogens is 2. The molecule has 0 saturated carbocycles. The molecule has 0 unspecified atom stereocenters. The summed E-state index contributed by atoms with van der Waals surface area (Å²) < 4.78 is 5.26. The third-order valence-electron chi connectivity index (χ3n) is 2.66. The molecule has 0 fully saturated rings. The summed E-state index contributed by atoms with van der Waals surface area (Å²) in [5.41, 5.74) is 1.02. The van der Waals surface area contributed by atoms with Crippen LogP contribution in [0.25, 0.3) is 0 Å². The Bertz CT molecular complexity index is 454. The highest BCUT2D eigenvalue weighted by Crippen LogP contribution is 2.10. The van der Waals surface area contributed by atoms with Gasteiger partial charge in [-0.25, -0.2) is 9.97 Å². The van der Waals surface area contributed by atoms with Gasteiger partial charge in [0.1, 0.15) is 5.76 Å². The zero-order valence-corrected chi connectivity index (χ0v) is 10.3. The standard InChI is InChI=1S/C13H17N3O2/c1-10-6-14-13(15-7-10)16-8-11(9-17)5-12-3-2-4-18-12/h2-4,6-7,11,17H,5,8-9H2,1H3,(H,14,15,16)/t11-/m0/s1. The van der Waals surface area contributed by atoms with Gasteiger partial charge in [0.25, 0.3) is 0 Å². The third-order valence-corrected chi connectivity index (χ3v) is 2.66. The maximum absolute atomic E-state index is 9.32. The minimum Gasteiger partial charge on any atom is -0.469 e. The van der Waals surface area contributed by atoms with Crippen molar-refractivity contribution in [3.63, 3.8) is 0 Å². The highest BCUT2D eigenvalue weighted by Gasteiger charge is 2.10. The summed E-state index contributed by atoms with van der Waals surface area (Å²) >= 11 is 0. The Morgan fingerprint density at radius 2 is 2.17 bits per heavy atom.